The van der Waals surface area contributed by atoms with E-state index in [0.29, 0.717) is 17.5 Å². The minimum Gasteiger partial charge on any atom is -0.456 e. The van der Waals surface area contributed by atoms with Gasteiger partial charge in [-0.2, -0.15) is 0 Å². The molecule has 0 spiro atoms. The summed E-state index contributed by atoms with van der Waals surface area (Å²) < 4.78 is 11.5. The van der Waals surface area contributed by atoms with Crippen molar-refractivity contribution in [1.29, 1.82) is 0 Å². The van der Waals surface area contributed by atoms with Crippen molar-refractivity contribution in [3.63, 3.8) is 0 Å². The molecular formula is C61H37N5O. The van der Waals surface area contributed by atoms with Gasteiger partial charge in [-0.3, -0.25) is 0 Å². The summed E-state index contributed by atoms with van der Waals surface area (Å²) in [5.41, 5.74) is 12.9. The van der Waals surface area contributed by atoms with Crippen molar-refractivity contribution in [2.75, 3.05) is 0 Å². The van der Waals surface area contributed by atoms with Crippen LogP contribution >= 0.6 is 0 Å². The van der Waals surface area contributed by atoms with Gasteiger partial charge in [-0.25, -0.2) is 15.0 Å². The third kappa shape index (κ3) is 5.86. The van der Waals surface area contributed by atoms with E-state index >= 15 is 0 Å². The van der Waals surface area contributed by atoms with E-state index in [-0.39, 0.29) is 0 Å². The molecule has 6 nitrogen and oxygen atoms in total. The molecule has 0 aliphatic rings. The highest BCUT2D eigenvalue weighted by Crippen LogP contribution is 2.43. The van der Waals surface area contributed by atoms with E-state index in [1.54, 1.807) is 0 Å². The lowest BCUT2D eigenvalue weighted by Gasteiger charge is -2.14. The van der Waals surface area contributed by atoms with Crippen LogP contribution in [0.1, 0.15) is 0 Å². The molecule has 0 bridgehead atoms. The average molecular weight is 856 g/mol. The Hall–Kier alpha value is -9.13. The van der Waals surface area contributed by atoms with Crippen LogP contribution in [0.15, 0.2) is 229 Å². The monoisotopic (exact) mass is 855 g/mol. The molecule has 0 unspecified atom stereocenters. The molecule has 14 aromatic rings. The maximum Gasteiger partial charge on any atom is 0.164 e. The lowest BCUT2D eigenvalue weighted by Crippen LogP contribution is -2.02. The third-order valence-electron chi connectivity index (χ3n) is 13.3. The van der Waals surface area contributed by atoms with Crippen molar-refractivity contribution >= 4 is 76.3 Å². The zero-order chi connectivity index (χ0) is 44.0. The van der Waals surface area contributed by atoms with Crippen molar-refractivity contribution in [1.82, 2.24) is 24.1 Å². The predicted octanol–water partition coefficient (Wildman–Crippen LogP) is 15.8. The van der Waals surface area contributed by atoms with E-state index in [1.165, 1.54) is 21.5 Å². The normalized spacial score (nSPS) is 11.9. The van der Waals surface area contributed by atoms with Gasteiger partial charge >= 0.3 is 0 Å². The minimum atomic E-state index is 0.556. The van der Waals surface area contributed by atoms with Gasteiger partial charge in [0.1, 0.15) is 11.2 Å². The fourth-order valence-electron chi connectivity index (χ4n) is 10.3. The van der Waals surface area contributed by atoms with Crippen LogP contribution in [0, 0.1) is 0 Å². The summed E-state index contributed by atoms with van der Waals surface area (Å²) >= 11 is 0. The fourth-order valence-corrected chi connectivity index (χ4v) is 10.3. The Kier molecular flexibility index (Phi) is 8.18. The lowest BCUT2D eigenvalue weighted by molar-refractivity contribution is 0.668. The Balaban J connectivity index is 1.07. The number of para-hydroxylation sites is 4. The molecule has 0 aliphatic carbocycles. The first-order valence-corrected chi connectivity index (χ1v) is 22.6. The summed E-state index contributed by atoms with van der Waals surface area (Å²) in [5, 5.41) is 8.90. The van der Waals surface area contributed by atoms with Crippen LogP contribution in [0.5, 0.6) is 0 Å². The maximum atomic E-state index is 6.80. The Morgan fingerprint density at radius 2 is 0.866 bits per heavy atom. The number of rotatable bonds is 6. The number of fused-ring (bicyclic) bond motifs is 10. The van der Waals surface area contributed by atoms with E-state index in [2.05, 4.69) is 215 Å². The molecule has 0 atom stereocenters. The summed E-state index contributed by atoms with van der Waals surface area (Å²) in [6.07, 6.45) is 0. The van der Waals surface area contributed by atoms with Gasteiger partial charge in [0.05, 0.1) is 27.8 Å². The summed E-state index contributed by atoms with van der Waals surface area (Å²) in [5.74, 6) is 1.72. The highest BCUT2D eigenvalue weighted by molar-refractivity contribution is 6.17. The van der Waals surface area contributed by atoms with Crippen molar-refractivity contribution in [2.45, 2.75) is 0 Å². The Labute approximate surface area is 384 Å². The molecule has 4 heterocycles. The average Bonchev–Trinajstić information content (AvgIpc) is 4.05. The highest BCUT2D eigenvalue weighted by Gasteiger charge is 2.24. The molecular weight excluding hydrogens is 819 g/mol. The first kappa shape index (κ1) is 37.3. The molecule has 0 saturated carbocycles. The molecule has 6 heteroatoms. The van der Waals surface area contributed by atoms with Gasteiger partial charge in [-0.1, -0.05) is 164 Å². The number of hydrogen-bond donors (Lipinski definition) is 0. The highest BCUT2D eigenvalue weighted by atomic mass is 16.3. The van der Waals surface area contributed by atoms with E-state index < -0.39 is 0 Å². The Bertz CT molecular complexity index is 4260. The molecule has 4 aromatic heterocycles. The van der Waals surface area contributed by atoms with Gasteiger partial charge in [0, 0.05) is 60.8 Å². The standard InChI is InChI=1S/C61H37N5O/c1-3-16-38(17-4-1)39-30-32-40(33-31-39)59-62-60(48-25-15-28-53-57(48)46-23-10-13-27-52(46)65(53)43-20-5-2-6-21-43)64-61(63-59)50-36-44(37-56-58(50)47-24-11-14-29-55(47)67-56)66-51-26-12-9-22-45(51)49-34-41-18-7-8-19-42(41)35-54(49)66/h1-37H. The number of nitrogens with zero attached hydrogens (tertiary/aromatic N) is 5. The van der Waals surface area contributed by atoms with Gasteiger partial charge in [-0.15, -0.1) is 0 Å². The zero-order valence-electron chi connectivity index (χ0n) is 36.0. The summed E-state index contributed by atoms with van der Waals surface area (Å²) in [6, 6.07) is 79.1. The summed E-state index contributed by atoms with van der Waals surface area (Å²) in [6.45, 7) is 0. The second-order valence-corrected chi connectivity index (χ2v) is 17.2. The second-order valence-electron chi connectivity index (χ2n) is 17.2. The fraction of sp³-hybridized carbons (Fsp3) is 0. The van der Waals surface area contributed by atoms with Crippen molar-refractivity contribution in [2.24, 2.45) is 0 Å². The largest absolute Gasteiger partial charge is 0.456 e. The number of aromatic nitrogens is 5. The quantitative estimate of drug-likeness (QED) is 0.167. The summed E-state index contributed by atoms with van der Waals surface area (Å²) in [7, 11) is 0. The zero-order valence-corrected chi connectivity index (χ0v) is 36.0. The van der Waals surface area contributed by atoms with Crippen LogP contribution in [-0.2, 0) is 0 Å². The van der Waals surface area contributed by atoms with E-state index in [4.69, 9.17) is 19.4 Å². The topological polar surface area (TPSA) is 61.7 Å². The van der Waals surface area contributed by atoms with Crippen molar-refractivity contribution < 1.29 is 4.42 Å². The first-order valence-electron chi connectivity index (χ1n) is 22.6. The Morgan fingerprint density at radius 3 is 1.66 bits per heavy atom. The minimum absolute atomic E-state index is 0.556. The van der Waals surface area contributed by atoms with E-state index in [1.807, 2.05) is 18.2 Å². The number of furan rings is 1. The van der Waals surface area contributed by atoms with Crippen LogP contribution in [0.25, 0.3) is 133 Å². The predicted molar refractivity (Wildman–Crippen MR) is 275 cm³/mol. The second kappa shape index (κ2) is 14.7. The molecule has 0 saturated heterocycles. The molecule has 0 radical (unpaired) electrons. The smallest absolute Gasteiger partial charge is 0.164 e. The van der Waals surface area contributed by atoms with Crippen LogP contribution in [0.3, 0.4) is 0 Å². The third-order valence-corrected chi connectivity index (χ3v) is 13.3. The molecule has 67 heavy (non-hydrogen) atoms. The molecule has 0 fully saturated rings. The molecule has 312 valence electrons. The molecule has 10 aromatic carbocycles. The first-order chi connectivity index (χ1) is 33.2. The van der Waals surface area contributed by atoms with Gasteiger partial charge in [0.15, 0.2) is 17.5 Å². The molecule has 0 aliphatic heterocycles. The summed E-state index contributed by atoms with van der Waals surface area (Å²) in [4.78, 5) is 16.4. The van der Waals surface area contributed by atoms with Crippen LogP contribution in [-0.4, -0.2) is 24.1 Å². The van der Waals surface area contributed by atoms with Crippen molar-refractivity contribution in [3.8, 4) is 56.7 Å². The SMILES string of the molecule is c1ccc(-c2ccc(-c3nc(-c4cc(-n5c6ccccc6c6cc7ccccc7cc65)cc5oc6ccccc6c45)nc(-c4cccc5c4c4ccccc4n5-c4ccccc4)n3)cc2)cc1. The Morgan fingerprint density at radius 1 is 0.299 bits per heavy atom. The number of hydrogen-bond acceptors (Lipinski definition) is 4. The van der Waals surface area contributed by atoms with Crippen molar-refractivity contribution in [3.05, 3.63) is 224 Å². The number of benzene rings is 10. The van der Waals surface area contributed by atoms with E-state index in [9.17, 15) is 0 Å². The molecule has 14 rings (SSSR count). The van der Waals surface area contributed by atoms with Crippen LogP contribution in [0.4, 0.5) is 0 Å². The van der Waals surface area contributed by atoms with Crippen LogP contribution < -0.4 is 0 Å². The van der Waals surface area contributed by atoms with Gasteiger partial charge < -0.3 is 13.6 Å². The maximum absolute atomic E-state index is 6.80. The van der Waals surface area contributed by atoms with Gasteiger partial charge in [0.25, 0.3) is 0 Å². The van der Waals surface area contributed by atoms with Gasteiger partial charge in [0.2, 0.25) is 0 Å². The van der Waals surface area contributed by atoms with Crippen LogP contribution in [0.2, 0.25) is 0 Å². The lowest BCUT2D eigenvalue weighted by atomic mass is 10.0. The molecule has 0 N–H and O–H groups in total. The van der Waals surface area contributed by atoms with Gasteiger partial charge in [-0.05, 0) is 76.5 Å². The van der Waals surface area contributed by atoms with E-state index in [0.717, 1.165) is 94.0 Å². The molecule has 0 amide bonds.